The van der Waals surface area contributed by atoms with Gasteiger partial charge in [0, 0.05) is 0 Å². The number of aliphatic hydroxyl groups excluding tert-OH is 1. The lowest BCUT2D eigenvalue weighted by Gasteiger charge is -2.13. The third-order valence-electron chi connectivity index (χ3n) is 1.20. The first-order chi connectivity index (χ1) is 4.45. The van der Waals surface area contributed by atoms with Gasteiger partial charge < -0.3 is 10.2 Å². The summed E-state index contributed by atoms with van der Waals surface area (Å²) in [5.41, 5.74) is 0.248. The van der Waals surface area contributed by atoms with Gasteiger partial charge in [-0.3, -0.25) is 0 Å². The van der Waals surface area contributed by atoms with Crippen molar-refractivity contribution in [1.29, 1.82) is 0 Å². The Kier molecular flexibility index (Phi) is 3.61. The molecular formula is C8H16O2. The molecule has 0 aromatic rings. The highest BCUT2D eigenvalue weighted by atomic mass is 16.3. The monoisotopic (exact) mass is 144 g/mol. The van der Waals surface area contributed by atoms with Crippen LogP contribution in [0.3, 0.4) is 0 Å². The van der Waals surface area contributed by atoms with Crippen molar-refractivity contribution in [3.8, 4) is 0 Å². The Morgan fingerprint density at radius 3 is 2.30 bits per heavy atom. The lowest BCUT2D eigenvalue weighted by atomic mass is 10.0. The largest absolute Gasteiger partial charge is 0.392 e. The summed E-state index contributed by atoms with van der Waals surface area (Å²) in [7, 11) is 0. The summed E-state index contributed by atoms with van der Waals surface area (Å²) in [4.78, 5) is 0. The molecule has 0 bridgehead atoms. The van der Waals surface area contributed by atoms with Crippen molar-refractivity contribution < 1.29 is 10.2 Å². The third-order valence-corrected chi connectivity index (χ3v) is 1.20. The summed E-state index contributed by atoms with van der Waals surface area (Å²) in [5.74, 6) is 0. The van der Waals surface area contributed by atoms with Gasteiger partial charge in [0.05, 0.1) is 12.2 Å². The smallest absolute Gasteiger partial charge is 0.0639 e. The maximum absolute atomic E-state index is 9.24. The number of rotatable bonds is 3. The van der Waals surface area contributed by atoms with Crippen LogP contribution in [0.15, 0.2) is 11.6 Å². The molecule has 0 aromatic heterocycles. The average molecular weight is 144 g/mol. The van der Waals surface area contributed by atoms with Crippen LogP contribution >= 0.6 is 0 Å². The molecule has 0 saturated carbocycles. The van der Waals surface area contributed by atoms with E-state index in [1.165, 1.54) is 0 Å². The standard InChI is InChI=1S/C8H16O2/c1-7(6-9)4-5-8(2,3)10/h4,9-10H,5-6H2,1-3H3. The SMILES string of the molecule is CC(=CCC(C)(C)O)CO. The Hall–Kier alpha value is -0.340. The van der Waals surface area contributed by atoms with Gasteiger partial charge in [-0.25, -0.2) is 0 Å². The van der Waals surface area contributed by atoms with E-state index in [0.29, 0.717) is 6.42 Å². The van der Waals surface area contributed by atoms with Crippen LogP contribution in [0, 0.1) is 0 Å². The molecular weight excluding hydrogens is 128 g/mol. The lowest BCUT2D eigenvalue weighted by Crippen LogP contribution is -2.16. The molecule has 0 aromatic carbocycles. The minimum Gasteiger partial charge on any atom is -0.392 e. The van der Waals surface area contributed by atoms with E-state index in [0.717, 1.165) is 5.57 Å². The van der Waals surface area contributed by atoms with Crippen LogP contribution in [0.2, 0.25) is 0 Å². The van der Waals surface area contributed by atoms with E-state index in [1.54, 1.807) is 13.8 Å². The first kappa shape index (κ1) is 9.66. The predicted octanol–water partition coefficient (Wildman–Crippen LogP) is 1.09. The van der Waals surface area contributed by atoms with Crippen molar-refractivity contribution in [2.24, 2.45) is 0 Å². The maximum atomic E-state index is 9.24. The van der Waals surface area contributed by atoms with Crippen molar-refractivity contribution in [3.05, 3.63) is 11.6 Å². The predicted molar refractivity (Wildman–Crippen MR) is 41.8 cm³/mol. The van der Waals surface area contributed by atoms with E-state index in [4.69, 9.17) is 5.11 Å². The molecule has 60 valence electrons. The van der Waals surface area contributed by atoms with Crippen LogP contribution in [0.25, 0.3) is 0 Å². The van der Waals surface area contributed by atoms with Gasteiger partial charge in [0.2, 0.25) is 0 Å². The summed E-state index contributed by atoms with van der Waals surface area (Å²) in [5, 5.41) is 17.8. The zero-order valence-corrected chi connectivity index (χ0v) is 6.89. The molecule has 0 aliphatic carbocycles. The van der Waals surface area contributed by atoms with Crippen LogP contribution < -0.4 is 0 Å². The maximum Gasteiger partial charge on any atom is 0.0639 e. The van der Waals surface area contributed by atoms with E-state index in [2.05, 4.69) is 0 Å². The molecule has 0 heterocycles. The van der Waals surface area contributed by atoms with Crippen LogP contribution in [0.4, 0.5) is 0 Å². The van der Waals surface area contributed by atoms with Crippen molar-refractivity contribution >= 4 is 0 Å². The van der Waals surface area contributed by atoms with Gasteiger partial charge in [0.1, 0.15) is 0 Å². The number of hydrogen-bond donors (Lipinski definition) is 2. The Labute approximate surface area is 62.2 Å². The Morgan fingerprint density at radius 1 is 1.50 bits per heavy atom. The van der Waals surface area contributed by atoms with Crippen molar-refractivity contribution in [2.75, 3.05) is 6.61 Å². The summed E-state index contributed by atoms with van der Waals surface area (Å²) >= 11 is 0. The molecule has 0 saturated heterocycles. The molecule has 0 aliphatic heterocycles. The average Bonchev–Trinajstić information content (AvgIpc) is 1.81. The Morgan fingerprint density at radius 2 is 2.00 bits per heavy atom. The van der Waals surface area contributed by atoms with Crippen molar-refractivity contribution in [1.82, 2.24) is 0 Å². The molecule has 0 atom stereocenters. The molecule has 0 amide bonds. The van der Waals surface area contributed by atoms with Gasteiger partial charge in [-0.2, -0.15) is 0 Å². The van der Waals surface area contributed by atoms with Crippen molar-refractivity contribution in [2.45, 2.75) is 32.8 Å². The van der Waals surface area contributed by atoms with Gasteiger partial charge >= 0.3 is 0 Å². The second-order valence-electron chi connectivity index (χ2n) is 3.23. The van der Waals surface area contributed by atoms with E-state index in [1.807, 2.05) is 13.0 Å². The molecule has 0 aliphatic rings. The minimum absolute atomic E-state index is 0.0794. The first-order valence-electron chi connectivity index (χ1n) is 3.44. The lowest BCUT2D eigenvalue weighted by molar-refractivity contribution is 0.0835. The van der Waals surface area contributed by atoms with E-state index < -0.39 is 5.60 Å². The van der Waals surface area contributed by atoms with Crippen LogP contribution in [-0.2, 0) is 0 Å². The fourth-order valence-corrected chi connectivity index (χ4v) is 0.489. The number of hydrogen-bond acceptors (Lipinski definition) is 2. The topological polar surface area (TPSA) is 40.5 Å². The molecule has 2 N–H and O–H groups in total. The molecule has 0 spiro atoms. The molecule has 0 unspecified atom stereocenters. The van der Waals surface area contributed by atoms with Crippen LogP contribution in [0.5, 0.6) is 0 Å². The van der Waals surface area contributed by atoms with E-state index in [-0.39, 0.29) is 6.61 Å². The highest BCUT2D eigenvalue weighted by molar-refractivity contribution is 4.99. The molecule has 0 fully saturated rings. The zero-order valence-electron chi connectivity index (χ0n) is 6.89. The summed E-state index contributed by atoms with van der Waals surface area (Å²) in [6.45, 7) is 5.41. The Bertz CT molecular complexity index is 120. The molecule has 2 nitrogen and oxygen atoms in total. The second kappa shape index (κ2) is 3.74. The van der Waals surface area contributed by atoms with Crippen LogP contribution in [0.1, 0.15) is 27.2 Å². The highest BCUT2D eigenvalue weighted by Gasteiger charge is 2.09. The summed E-state index contributed by atoms with van der Waals surface area (Å²) in [6.07, 6.45) is 2.44. The van der Waals surface area contributed by atoms with E-state index >= 15 is 0 Å². The van der Waals surface area contributed by atoms with Gasteiger partial charge in [0.15, 0.2) is 0 Å². The van der Waals surface area contributed by atoms with Crippen LogP contribution in [-0.4, -0.2) is 22.4 Å². The molecule has 0 rings (SSSR count). The van der Waals surface area contributed by atoms with Gasteiger partial charge in [-0.05, 0) is 27.2 Å². The second-order valence-corrected chi connectivity index (χ2v) is 3.23. The van der Waals surface area contributed by atoms with Gasteiger partial charge in [-0.1, -0.05) is 11.6 Å². The van der Waals surface area contributed by atoms with Gasteiger partial charge in [0.25, 0.3) is 0 Å². The fraction of sp³-hybridized carbons (Fsp3) is 0.750. The molecule has 0 radical (unpaired) electrons. The quantitative estimate of drug-likeness (QED) is 0.582. The number of aliphatic hydroxyl groups is 2. The minimum atomic E-state index is -0.656. The van der Waals surface area contributed by atoms with Gasteiger partial charge in [-0.15, -0.1) is 0 Å². The zero-order chi connectivity index (χ0) is 8.20. The molecule has 10 heavy (non-hydrogen) atoms. The third kappa shape index (κ3) is 5.79. The van der Waals surface area contributed by atoms with Crippen molar-refractivity contribution in [3.63, 3.8) is 0 Å². The normalized spacial score (nSPS) is 13.9. The molecule has 2 heteroatoms. The fourth-order valence-electron chi connectivity index (χ4n) is 0.489. The summed E-state index contributed by atoms with van der Waals surface area (Å²) in [6, 6.07) is 0. The summed E-state index contributed by atoms with van der Waals surface area (Å²) < 4.78 is 0. The Balaban J connectivity index is 3.73. The first-order valence-corrected chi connectivity index (χ1v) is 3.44. The van der Waals surface area contributed by atoms with E-state index in [9.17, 15) is 5.11 Å². The highest BCUT2D eigenvalue weighted by Crippen LogP contribution is 2.09.